The van der Waals surface area contributed by atoms with Crippen LogP contribution >= 0.6 is 11.3 Å². The monoisotopic (exact) mass is 453 g/mol. The summed E-state index contributed by atoms with van der Waals surface area (Å²) in [7, 11) is -3.83. The predicted octanol–water partition coefficient (Wildman–Crippen LogP) is 4.55. The van der Waals surface area contributed by atoms with Crippen LogP contribution < -0.4 is 20.9 Å². The number of carbonyl (C=O) groups is 1. The number of benzene rings is 3. The SMILES string of the molecule is Cc1cc(S(=O)(=O)NNc2nc3ccccc3s2)ccc1NC(=O)Nc1ccccc1. The predicted molar refractivity (Wildman–Crippen MR) is 124 cm³/mol. The third-order valence-corrected chi connectivity index (χ3v) is 6.57. The molecule has 0 spiro atoms. The Morgan fingerprint density at radius 2 is 1.68 bits per heavy atom. The van der Waals surface area contributed by atoms with Crippen molar-refractivity contribution >= 4 is 54.1 Å². The van der Waals surface area contributed by atoms with E-state index < -0.39 is 16.1 Å². The number of hydrogen-bond donors (Lipinski definition) is 4. The lowest BCUT2D eigenvalue weighted by Crippen LogP contribution is -2.29. The minimum absolute atomic E-state index is 0.0626. The molecular formula is C21H19N5O3S2. The van der Waals surface area contributed by atoms with Crippen molar-refractivity contribution < 1.29 is 13.2 Å². The van der Waals surface area contributed by atoms with Crippen LogP contribution in [0.2, 0.25) is 0 Å². The fourth-order valence-electron chi connectivity index (χ4n) is 2.85. The summed E-state index contributed by atoms with van der Waals surface area (Å²) < 4.78 is 26.3. The molecule has 0 atom stereocenters. The molecule has 4 aromatic rings. The van der Waals surface area contributed by atoms with Crippen LogP contribution in [-0.4, -0.2) is 19.4 Å². The Labute approximate surface area is 183 Å². The van der Waals surface area contributed by atoms with Crippen molar-refractivity contribution in [3.8, 4) is 0 Å². The van der Waals surface area contributed by atoms with E-state index in [1.807, 2.05) is 42.5 Å². The molecule has 158 valence electrons. The largest absolute Gasteiger partial charge is 0.323 e. The molecule has 10 heteroatoms. The van der Waals surface area contributed by atoms with Gasteiger partial charge in [-0.3, -0.25) is 5.43 Å². The minimum Gasteiger partial charge on any atom is -0.308 e. The van der Waals surface area contributed by atoms with Gasteiger partial charge in [-0.25, -0.2) is 18.2 Å². The number of nitrogens with one attached hydrogen (secondary N) is 4. The number of hydrazine groups is 1. The van der Waals surface area contributed by atoms with Crippen LogP contribution in [0.1, 0.15) is 5.56 Å². The topological polar surface area (TPSA) is 112 Å². The summed E-state index contributed by atoms with van der Waals surface area (Å²) in [5.41, 5.74) is 5.21. The number of aryl methyl sites for hydroxylation is 1. The van der Waals surface area contributed by atoms with Crippen LogP contribution in [0.25, 0.3) is 10.2 Å². The van der Waals surface area contributed by atoms with E-state index in [4.69, 9.17) is 0 Å². The van der Waals surface area contributed by atoms with Gasteiger partial charge in [0.05, 0.1) is 15.1 Å². The summed E-state index contributed by atoms with van der Waals surface area (Å²) in [5.74, 6) is 0. The molecule has 4 rings (SSSR count). The van der Waals surface area contributed by atoms with Gasteiger partial charge in [0.1, 0.15) is 0 Å². The van der Waals surface area contributed by atoms with E-state index in [1.54, 1.807) is 25.1 Å². The molecule has 1 heterocycles. The zero-order chi connectivity index (χ0) is 21.8. The number of aromatic nitrogens is 1. The maximum absolute atomic E-state index is 12.7. The van der Waals surface area contributed by atoms with E-state index >= 15 is 0 Å². The standard InChI is InChI=1S/C21H19N5O3S2/c1-14-13-16(11-12-17(14)23-20(27)22-15-7-3-2-4-8-15)31(28,29)26-25-21-24-18-9-5-6-10-19(18)30-21/h2-13,26H,1H3,(H,24,25)(H2,22,23,27). The average molecular weight is 454 g/mol. The van der Waals surface area contributed by atoms with Gasteiger partial charge < -0.3 is 10.6 Å². The van der Waals surface area contributed by atoms with Gasteiger partial charge in [0.25, 0.3) is 10.0 Å². The second-order valence-electron chi connectivity index (χ2n) is 6.64. The molecule has 0 aliphatic heterocycles. The molecule has 0 radical (unpaired) electrons. The number of thiazole rings is 1. The second kappa shape index (κ2) is 8.72. The highest BCUT2D eigenvalue weighted by Crippen LogP contribution is 2.25. The molecule has 8 nitrogen and oxygen atoms in total. The van der Waals surface area contributed by atoms with Gasteiger partial charge in [-0.15, -0.1) is 4.83 Å². The van der Waals surface area contributed by atoms with Crippen molar-refractivity contribution in [1.82, 2.24) is 9.82 Å². The van der Waals surface area contributed by atoms with E-state index in [2.05, 4.69) is 25.9 Å². The Morgan fingerprint density at radius 1 is 0.935 bits per heavy atom. The van der Waals surface area contributed by atoms with E-state index in [1.165, 1.54) is 23.5 Å². The highest BCUT2D eigenvalue weighted by molar-refractivity contribution is 7.89. The molecule has 0 unspecified atom stereocenters. The number of anilines is 3. The molecule has 1 aromatic heterocycles. The van der Waals surface area contributed by atoms with Crippen molar-refractivity contribution in [2.75, 3.05) is 16.1 Å². The van der Waals surface area contributed by atoms with Gasteiger partial charge in [-0.05, 0) is 55.0 Å². The highest BCUT2D eigenvalue weighted by Gasteiger charge is 2.16. The number of hydrogen-bond acceptors (Lipinski definition) is 6. The van der Waals surface area contributed by atoms with Crippen LogP contribution in [-0.2, 0) is 10.0 Å². The minimum atomic E-state index is -3.83. The number of nitrogens with zero attached hydrogens (tertiary/aromatic N) is 1. The highest BCUT2D eigenvalue weighted by atomic mass is 32.2. The van der Waals surface area contributed by atoms with Gasteiger partial charge in [0.2, 0.25) is 0 Å². The zero-order valence-corrected chi connectivity index (χ0v) is 18.0. The number of carbonyl (C=O) groups excluding carboxylic acids is 1. The molecule has 0 saturated carbocycles. The Balaban J connectivity index is 1.42. The van der Waals surface area contributed by atoms with Crippen LogP contribution in [0.5, 0.6) is 0 Å². The fraction of sp³-hybridized carbons (Fsp3) is 0.0476. The van der Waals surface area contributed by atoms with Crippen LogP contribution in [0.15, 0.2) is 77.7 Å². The van der Waals surface area contributed by atoms with Crippen LogP contribution in [0.3, 0.4) is 0 Å². The van der Waals surface area contributed by atoms with Crippen molar-refractivity contribution in [2.45, 2.75) is 11.8 Å². The van der Waals surface area contributed by atoms with Gasteiger partial charge >= 0.3 is 6.03 Å². The Kier molecular flexibility index (Phi) is 5.85. The summed E-state index contributed by atoms with van der Waals surface area (Å²) in [6.45, 7) is 1.72. The van der Waals surface area contributed by atoms with Gasteiger partial charge in [-0.1, -0.05) is 41.7 Å². The molecule has 0 bridgehead atoms. The third kappa shape index (κ3) is 5.00. The van der Waals surface area contributed by atoms with E-state index in [9.17, 15) is 13.2 Å². The number of sulfonamides is 1. The summed E-state index contributed by atoms with van der Waals surface area (Å²) in [4.78, 5) is 18.9. The second-order valence-corrected chi connectivity index (χ2v) is 9.35. The lowest BCUT2D eigenvalue weighted by molar-refractivity contribution is 0.262. The maximum Gasteiger partial charge on any atom is 0.323 e. The first-order valence-corrected chi connectivity index (χ1v) is 11.6. The van der Waals surface area contributed by atoms with E-state index in [-0.39, 0.29) is 4.90 Å². The Hall–Kier alpha value is -3.47. The molecule has 0 aliphatic rings. The lowest BCUT2D eigenvalue weighted by Gasteiger charge is -2.12. The Morgan fingerprint density at radius 3 is 2.42 bits per heavy atom. The zero-order valence-electron chi connectivity index (χ0n) is 16.4. The third-order valence-electron chi connectivity index (χ3n) is 4.37. The van der Waals surface area contributed by atoms with Crippen molar-refractivity contribution in [2.24, 2.45) is 0 Å². The molecule has 0 aliphatic carbocycles. The van der Waals surface area contributed by atoms with E-state index in [0.29, 0.717) is 22.1 Å². The molecule has 4 N–H and O–H groups in total. The fourth-order valence-corrected chi connectivity index (χ4v) is 4.66. The summed E-state index contributed by atoms with van der Waals surface area (Å²) in [6, 6.07) is 20.6. The first-order chi connectivity index (χ1) is 14.9. The molecular weight excluding hydrogens is 434 g/mol. The van der Waals surface area contributed by atoms with Crippen LogP contribution in [0.4, 0.5) is 21.3 Å². The molecule has 3 aromatic carbocycles. The maximum atomic E-state index is 12.7. The van der Waals surface area contributed by atoms with Gasteiger partial charge in [0.15, 0.2) is 5.13 Å². The number of para-hydroxylation sites is 2. The number of amides is 2. The van der Waals surface area contributed by atoms with Gasteiger partial charge in [-0.2, -0.15) is 0 Å². The molecule has 31 heavy (non-hydrogen) atoms. The molecule has 2 amide bonds. The number of urea groups is 1. The Bertz CT molecular complexity index is 1300. The summed E-state index contributed by atoms with van der Waals surface area (Å²) in [6.07, 6.45) is 0. The van der Waals surface area contributed by atoms with E-state index in [0.717, 1.165) is 10.2 Å². The van der Waals surface area contributed by atoms with Crippen LogP contribution in [0, 0.1) is 6.92 Å². The number of rotatable bonds is 6. The quantitative estimate of drug-likeness (QED) is 0.320. The normalized spacial score (nSPS) is 11.3. The van der Waals surface area contributed by atoms with Crippen molar-refractivity contribution in [1.29, 1.82) is 0 Å². The summed E-state index contributed by atoms with van der Waals surface area (Å²) in [5, 5.41) is 5.88. The smallest absolute Gasteiger partial charge is 0.308 e. The average Bonchev–Trinajstić information content (AvgIpc) is 3.17. The molecule has 0 fully saturated rings. The lowest BCUT2D eigenvalue weighted by atomic mass is 10.2. The van der Waals surface area contributed by atoms with Gasteiger partial charge in [0, 0.05) is 11.4 Å². The van der Waals surface area contributed by atoms with Crippen molar-refractivity contribution in [3.63, 3.8) is 0 Å². The number of fused-ring (bicyclic) bond motifs is 1. The molecule has 0 saturated heterocycles. The van der Waals surface area contributed by atoms with Crippen molar-refractivity contribution in [3.05, 3.63) is 78.4 Å². The summed E-state index contributed by atoms with van der Waals surface area (Å²) >= 11 is 1.34. The first-order valence-electron chi connectivity index (χ1n) is 9.28. The first kappa shape index (κ1) is 20.8.